The summed E-state index contributed by atoms with van der Waals surface area (Å²) in [5.74, 6) is -6.68. The molecule has 3 fully saturated rings. The van der Waals surface area contributed by atoms with E-state index >= 15 is 0 Å². The van der Waals surface area contributed by atoms with Gasteiger partial charge in [-0.25, -0.2) is 0 Å². The Balaban J connectivity index is 1.73. The molecule has 3 aliphatic heterocycles. The van der Waals surface area contributed by atoms with Gasteiger partial charge in [-0.2, -0.15) is 0 Å². The number of hydrogen-bond acceptors (Lipinski definition) is 18. The summed E-state index contributed by atoms with van der Waals surface area (Å²) < 4.78 is 5.69. The van der Waals surface area contributed by atoms with Gasteiger partial charge in [0.05, 0.1) is 24.4 Å². The number of fused-ring (bicyclic) bond motifs is 2. The summed E-state index contributed by atoms with van der Waals surface area (Å²) in [7, 11) is 0. The van der Waals surface area contributed by atoms with E-state index in [1.54, 1.807) is 0 Å². The lowest BCUT2D eigenvalue weighted by Gasteiger charge is -2.35. The molecule has 0 saturated carbocycles. The molecule has 25 heteroatoms. The molecule has 77 heavy (non-hydrogen) atoms. The quantitative estimate of drug-likeness (QED) is 0.0420. The summed E-state index contributed by atoms with van der Waals surface area (Å²) in [6.07, 6.45) is -9.00. The number of aliphatic hydroxyl groups excluding tert-OH is 7. The van der Waals surface area contributed by atoms with Gasteiger partial charge < -0.3 is 93.4 Å². The molecule has 0 spiro atoms. The highest BCUT2D eigenvalue weighted by molar-refractivity contribution is 5.98. The molecule has 1 aromatic rings. The zero-order valence-corrected chi connectivity index (χ0v) is 45.0. The van der Waals surface area contributed by atoms with Crippen molar-refractivity contribution in [3.63, 3.8) is 0 Å². The monoisotopic (exact) mass is 1090 g/mol. The van der Waals surface area contributed by atoms with E-state index in [-0.39, 0.29) is 43.7 Å². The van der Waals surface area contributed by atoms with Gasteiger partial charge in [0, 0.05) is 32.4 Å². The van der Waals surface area contributed by atoms with E-state index in [0.29, 0.717) is 24.7 Å². The van der Waals surface area contributed by atoms with Crippen LogP contribution in [0, 0.1) is 11.8 Å². The van der Waals surface area contributed by atoms with Crippen molar-refractivity contribution < 1.29 is 79.2 Å². The minimum Gasteiger partial charge on any atom is -0.508 e. The van der Waals surface area contributed by atoms with Crippen molar-refractivity contribution in [2.24, 2.45) is 23.3 Å². The third kappa shape index (κ3) is 18.8. The number of ether oxygens (including phenoxy) is 1. The molecule has 0 bridgehead atoms. The highest BCUT2D eigenvalue weighted by Gasteiger charge is 2.49. The first-order chi connectivity index (χ1) is 36.4. The molecule has 17 N–H and O–H groups in total. The van der Waals surface area contributed by atoms with E-state index in [2.05, 4.69) is 47.4 Å². The van der Waals surface area contributed by atoms with Gasteiger partial charge in [0.25, 0.3) is 0 Å². The molecule has 436 valence electrons. The van der Waals surface area contributed by atoms with Gasteiger partial charge in [-0.15, -0.1) is 0 Å². The number of aromatic hydroxyl groups is 1. The zero-order chi connectivity index (χ0) is 57.3. The lowest BCUT2D eigenvalue weighted by Crippen LogP contribution is -2.64. The first-order valence-corrected chi connectivity index (χ1v) is 27.2. The second-order valence-electron chi connectivity index (χ2n) is 21.3. The van der Waals surface area contributed by atoms with Crippen molar-refractivity contribution in [2.75, 3.05) is 19.6 Å². The highest BCUT2D eigenvalue weighted by Crippen LogP contribution is 2.27. The largest absolute Gasteiger partial charge is 0.508 e. The van der Waals surface area contributed by atoms with Crippen LogP contribution in [0.4, 0.5) is 0 Å². The summed E-state index contributed by atoms with van der Waals surface area (Å²) in [4.78, 5) is 102. The van der Waals surface area contributed by atoms with Crippen LogP contribution in [0.1, 0.15) is 136 Å². The average Bonchev–Trinajstić information content (AvgIpc) is 3.97. The van der Waals surface area contributed by atoms with Crippen LogP contribution in [0.15, 0.2) is 24.3 Å². The van der Waals surface area contributed by atoms with Crippen LogP contribution in [-0.2, 0) is 38.3 Å². The number of carbonyl (C=O) groups excluding carboxylic acids is 7. The zero-order valence-electron chi connectivity index (χ0n) is 45.0. The van der Waals surface area contributed by atoms with Crippen molar-refractivity contribution in [2.45, 2.75) is 216 Å². The fraction of sp³-hybridized carbons (Fsp3) is 0.750. The van der Waals surface area contributed by atoms with Crippen molar-refractivity contribution in [3.8, 4) is 5.75 Å². The highest BCUT2D eigenvalue weighted by atomic mass is 16.5. The van der Waals surface area contributed by atoms with Crippen molar-refractivity contribution in [1.82, 2.24) is 36.4 Å². The smallest absolute Gasteiger partial charge is 0.248 e. The van der Waals surface area contributed by atoms with E-state index in [0.717, 1.165) is 67.4 Å². The van der Waals surface area contributed by atoms with Crippen molar-refractivity contribution >= 4 is 41.4 Å². The number of amides is 7. The summed E-state index contributed by atoms with van der Waals surface area (Å²) in [5.41, 5.74) is 11.6. The minimum atomic E-state index is -2.29. The van der Waals surface area contributed by atoms with Crippen molar-refractivity contribution in [3.05, 3.63) is 29.8 Å². The van der Waals surface area contributed by atoms with Gasteiger partial charge in [0.1, 0.15) is 66.5 Å². The normalized spacial score (nSPS) is 29.1. The van der Waals surface area contributed by atoms with E-state index < -0.39 is 152 Å². The molecular formula is C52H87N9O16. The predicted octanol–water partition coefficient (Wildman–Crippen LogP) is -2.54. The fourth-order valence-electron chi connectivity index (χ4n) is 10.2. The number of rotatable bonds is 22. The molecule has 0 aliphatic carbocycles. The topological polar surface area (TPSA) is 409 Å². The van der Waals surface area contributed by atoms with E-state index in [4.69, 9.17) is 16.2 Å². The van der Waals surface area contributed by atoms with Crippen LogP contribution in [0.2, 0.25) is 0 Å². The van der Waals surface area contributed by atoms with Crippen molar-refractivity contribution in [1.29, 1.82) is 0 Å². The number of benzene rings is 1. The van der Waals surface area contributed by atoms with Crippen LogP contribution in [0.3, 0.4) is 0 Å². The number of phenolic OH excluding ortho intramolecular Hbond substituents is 1. The van der Waals surface area contributed by atoms with Crippen LogP contribution in [0.25, 0.3) is 0 Å². The Morgan fingerprint density at radius 2 is 1.35 bits per heavy atom. The summed E-state index contributed by atoms with van der Waals surface area (Å²) in [6.45, 7) is 8.07. The van der Waals surface area contributed by atoms with Gasteiger partial charge in [0.2, 0.25) is 41.4 Å². The first-order valence-electron chi connectivity index (χ1n) is 27.2. The Hall–Kier alpha value is -5.09. The van der Waals surface area contributed by atoms with Gasteiger partial charge in [-0.05, 0) is 75.6 Å². The van der Waals surface area contributed by atoms with Gasteiger partial charge in [-0.3, -0.25) is 33.6 Å². The Morgan fingerprint density at radius 1 is 0.740 bits per heavy atom. The number of unbranched alkanes of at least 4 members (excludes halogenated alkanes) is 5. The van der Waals surface area contributed by atoms with Gasteiger partial charge >= 0.3 is 0 Å². The third-order valence-corrected chi connectivity index (χ3v) is 14.7. The lowest BCUT2D eigenvalue weighted by molar-refractivity contribution is -0.151. The summed E-state index contributed by atoms with van der Waals surface area (Å²) in [6, 6.07) is -6.61. The standard InChI is InChI=1S/C52H87N9O16/c1-6-27(2)23-28(3)13-11-9-7-8-10-12-14-39(68)55-34-25-38(67)50(77-30(5)54)59-49(74)43-37(66)20-22-60(43)52(76)41(36(65)19-21-53)57-48(73)42(45(70)44(69)31-15-17-32(63)18-16-31)58-47(72)35-24-33(64)26-61(35)51(75)40(29(4)62)56-46(34)71/h15-18,27-30,33-38,40-45,50,62-67,69-70H,6-14,19-26,53-54H2,1-5H3,(H,55,68)(H,56,71)(H,57,73)(H,58,72)(H,59,74)/t27?,28?,29-,30-,33-,34+,35+,36-,37+,38-,40+,41+,42+,43+,44+,45+,50-/m1/s1. The van der Waals surface area contributed by atoms with Crippen LogP contribution < -0.4 is 38.1 Å². The van der Waals surface area contributed by atoms with Crippen LogP contribution >= 0.6 is 0 Å². The Morgan fingerprint density at radius 3 is 1.97 bits per heavy atom. The number of aliphatic hydroxyl groups is 7. The molecule has 0 radical (unpaired) electrons. The molecule has 2 unspecified atom stereocenters. The number of nitrogens with zero attached hydrogens (tertiary/aromatic N) is 2. The number of nitrogens with two attached hydrogens (primary N) is 2. The maximum Gasteiger partial charge on any atom is 0.248 e. The molecule has 25 nitrogen and oxygen atoms in total. The molecule has 3 aliphatic rings. The number of nitrogens with one attached hydrogen (secondary N) is 5. The minimum absolute atomic E-state index is 0.0487. The molecule has 7 amide bonds. The van der Waals surface area contributed by atoms with E-state index in [1.807, 2.05) is 0 Å². The summed E-state index contributed by atoms with van der Waals surface area (Å²) in [5, 5.41) is 101. The molecule has 3 saturated heterocycles. The third-order valence-electron chi connectivity index (χ3n) is 14.7. The van der Waals surface area contributed by atoms with Gasteiger partial charge in [-0.1, -0.05) is 77.8 Å². The predicted molar refractivity (Wildman–Crippen MR) is 278 cm³/mol. The maximum atomic E-state index is 14.6. The van der Waals surface area contributed by atoms with Crippen LogP contribution in [0.5, 0.6) is 5.75 Å². The molecule has 3 heterocycles. The first kappa shape index (κ1) is 64.4. The molecule has 0 aromatic heterocycles. The van der Waals surface area contributed by atoms with E-state index in [9.17, 15) is 74.4 Å². The summed E-state index contributed by atoms with van der Waals surface area (Å²) >= 11 is 0. The lowest BCUT2D eigenvalue weighted by atomic mass is 9.91. The second-order valence-corrected chi connectivity index (χ2v) is 21.3. The second kappa shape index (κ2) is 30.9. The van der Waals surface area contributed by atoms with Crippen LogP contribution in [-0.4, -0.2) is 197 Å². The average molecular weight is 1090 g/mol. The Kier molecular flexibility index (Phi) is 25.9. The van der Waals surface area contributed by atoms with Gasteiger partial charge in [0.15, 0.2) is 6.23 Å². The Labute approximate surface area is 450 Å². The fourth-order valence-corrected chi connectivity index (χ4v) is 10.2. The number of hydrogen-bond donors (Lipinski definition) is 15. The molecule has 4 rings (SSSR count). The Bertz CT molecular complexity index is 2090. The SMILES string of the molecule is CCC(C)CC(C)CCCCCCCCC(=O)N[C@H]1C[C@@H](O)[C@@H](O[C@H](C)N)NC(=O)[C@@H]2[C@@H](O)CCN2C(=O)[C@H]([C@H](O)CCN)NC(=O)[C@H]([C@H](O)[C@@H](O)c2ccc(O)cc2)NC(=O)[C@@H]2C[C@@H](O)CN2C(=O)[C@H]([C@@H](C)O)NC1=O. The number of phenols is 1. The number of carbonyl (C=O) groups is 7. The maximum absolute atomic E-state index is 14.6. The van der Waals surface area contributed by atoms with E-state index in [1.165, 1.54) is 25.5 Å². The molecular weight excluding hydrogens is 1010 g/mol. The molecule has 17 atom stereocenters. The molecule has 1 aromatic carbocycles.